The maximum atomic E-state index is 12.5. The SMILES string of the molecule is CCn1nc(C)c(N)c1C(=O)N1CCC(C(N)=O)C1. The van der Waals surface area contributed by atoms with E-state index in [1.165, 1.54) is 0 Å². The number of nitrogens with zero attached hydrogens (tertiary/aromatic N) is 3. The third-order valence-electron chi connectivity index (χ3n) is 3.55. The number of hydrogen-bond donors (Lipinski definition) is 2. The number of anilines is 1. The van der Waals surface area contributed by atoms with Gasteiger partial charge in [-0.05, 0) is 20.3 Å². The van der Waals surface area contributed by atoms with Crippen LogP contribution < -0.4 is 11.5 Å². The van der Waals surface area contributed by atoms with E-state index in [1.807, 2.05) is 6.92 Å². The Morgan fingerprint density at radius 1 is 1.47 bits per heavy atom. The average molecular weight is 265 g/mol. The summed E-state index contributed by atoms with van der Waals surface area (Å²) in [5, 5.41) is 4.23. The monoisotopic (exact) mass is 265 g/mol. The minimum absolute atomic E-state index is 0.177. The zero-order valence-corrected chi connectivity index (χ0v) is 11.2. The molecule has 1 aliphatic rings. The Hall–Kier alpha value is -2.05. The Morgan fingerprint density at radius 3 is 2.68 bits per heavy atom. The Morgan fingerprint density at radius 2 is 2.16 bits per heavy atom. The molecule has 0 aliphatic carbocycles. The molecule has 1 atom stereocenters. The molecule has 0 spiro atoms. The van der Waals surface area contributed by atoms with Gasteiger partial charge in [0.1, 0.15) is 5.69 Å². The van der Waals surface area contributed by atoms with Crippen LogP contribution in [-0.4, -0.2) is 39.6 Å². The standard InChI is InChI=1S/C12H19N5O2/c1-3-17-10(9(13)7(2)15-17)12(19)16-5-4-8(6-16)11(14)18/h8H,3-6,13H2,1-2H3,(H2,14,18). The van der Waals surface area contributed by atoms with Gasteiger partial charge in [-0.3, -0.25) is 14.3 Å². The van der Waals surface area contributed by atoms with E-state index in [9.17, 15) is 9.59 Å². The summed E-state index contributed by atoms with van der Waals surface area (Å²) in [5.41, 5.74) is 12.7. The number of nitrogens with two attached hydrogens (primary N) is 2. The number of aromatic nitrogens is 2. The minimum atomic E-state index is -0.358. The lowest BCUT2D eigenvalue weighted by molar-refractivity contribution is -0.121. The summed E-state index contributed by atoms with van der Waals surface area (Å²) >= 11 is 0. The van der Waals surface area contributed by atoms with E-state index in [2.05, 4.69) is 5.10 Å². The fraction of sp³-hybridized carbons (Fsp3) is 0.583. The van der Waals surface area contributed by atoms with Gasteiger partial charge in [-0.15, -0.1) is 0 Å². The molecule has 4 N–H and O–H groups in total. The molecule has 2 heterocycles. The van der Waals surface area contributed by atoms with E-state index in [-0.39, 0.29) is 17.7 Å². The molecule has 7 nitrogen and oxygen atoms in total. The van der Waals surface area contributed by atoms with E-state index in [4.69, 9.17) is 11.5 Å². The van der Waals surface area contributed by atoms with Crippen LogP contribution in [0.3, 0.4) is 0 Å². The van der Waals surface area contributed by atoms with Crippen molar-refractivity contribution < 1.29 is 9.59 Å². The third-order valence-corrected chi connectivity index (χ3v) is 3.55. The summed E-state index contributed by atoms with van der Waals surface area (Å²) in [5.74, 6) is -0.795. The topological polar surface area (TPSA) is 107 Å². The summed E-state index contributed by atoms with van der Waals surface area (Å²) in [6.07, 6.45) is 0.611. The number of rotatable bonds is 3. The van der Waals surface area contributed by atoms with Crippen LogP contribution >= 0.6 is 0 Å². The number of hydrogen-bond acceptors (Lipinski definition) is 4. The molecule has 0 aromatic carbocycles. The molecule has 2 rings (SSSR count). The molecule has 1 saturated heterocycles. The van der Waals surface area contributed by atoms with Crippen LogP contribution in [0.25, 0.3) is 0 Å². The van der Waals surface area contributed by atoms with Crippen molar-refractivity contribution in [1.29, 1.82) is 0 Å². The lowest BCUT2D eigenvalue weighted by Gasteiger charge is -2.16. The summed E-state index contributed by atoms with van der Waals surface area (Å²) < 4.78 is 1.60. The van der Waals surface area contributed by atoms with Crippen LogP contribution in [0.4, 0.5) is 5.69 Å². The van der Waals surface area contributed by atoms with Crippen LogP contribution in [0.2, 0.25) is 0 Å². The Labute approximate surface area is 111 Å². The van der Waals surface area contributed by atoms with E-state index in [0.29, 0.717) is 43.1 Å². The number of carbonyl (C=O) groups is 2. The van der Waals surface area contributed by atoms with Gasteiger partial charge in [0.15, 0.2) is 0 Å². The van der Waals surface area contributed by atoms with E-state index >= 15 is 0 Å². The quantitative estimate of drug-likeness (QED) is 0.785. The van der Waals surface area contributed by atoms with Crippen LogP contribution in [0, 0.1) is 12.8 Å². The highest BCUT2D eigenvalue weighted by Crippen LogP contribution is 2.23. The fourth-order valence-electron chi connectivity index (χ4n) is 2.38. The number of likely N-dealkylation sites (tertiary alicyclic amines) is 1. The normalized spacial score (nSPS) is 18.8. The predicted molar refractivity (Wildman–Crippen MR) is 70.3 cm³/mol. The molecule has 1 aromatic rings. The maximum Gasteiger partial charge on any atom is 0.274 e. The number of amides is 2. The first-order valence-electron chi connectivity index (χ1n) is 6.37. The Balaban J connectivity index is 2.24. The Bertz CT molecular complexity index is 522. The molecule has 19 heavy (non-hydrogen) atoms. The van der Waals surface area contributed by atoms with Gasteiger partial charge in [0.05, 0.1) is 17.3 Å². The third kappa shape index (κ3) is 2.27. The molecule has 0 saturated carbocycles. The second kappa shape index (κ2) is 4.91. The zero-order valence-electron chi connectivity index (χ0n) is 11.2. The molecule has 1 fully saturated rings. The number of primary amides is 1. The number of carbonyl (C=O) groups excluding carboxylic acids is 2. The lowest BCUT2D eigenvalue weighted by Crippen LogP contribution is -2.33. The number of aryl methyl sites for hydroxylation is 2. The van der Waals surface area contributed by atoms with Gasteiger partial charge in [-0.1, -0.05) is 0 Å². The van der Waals surface area contributed by atoms with Crippen molar-refractivity contribution in [1.82, 2.24) is 14.7 Å². The van der Waals surface area contributed by atoms with Crippen molar-refractivity contribution >= 4 is 17.5 Å². The van der Waals surface area contributed by atoms with Gasteiger partial charge < -0.3 is 16.4 Å². The van der Waals surface area contributed by atoms with Crippen molar-refractivity contribution in [2.75, 3.05) is 18.8 Å². The summed E-state index contributed by atoms with van der Waals surface area (Å²) in [4.78, 5) is 25.2. The van der Waals surface area contributed by atoms with Gasteiger partial charge in [-0.25, -0.2) is 0 Å². The van der Waals surface area contributed by atoms with Gasteiger partial charge in [0.25, 0.3) is 5.91 Å². The van der Waals surface area contributed by atoms with Gasteiger partial charge in [0.2, 0.25) is 5.91 Å². The lowest BCUT2D eigenvalue weighted by atomic mass is 10.1. The average Bonchev–Trinajstić information content (AvgIpc) is 2.95. The fourth-order valence-corrected chi connectivity index (χ4v) is 2.38. The van der Waals surface area contributed by atoms with Crippen molar-refractivity contribution in [3.05, 3.63) is 11.4 Å². The van der Waals surface area contributed by atoms with Crippen molar-refractivity contribution in [3.63, 3.8) is 0 Å². The van der Waals surface area contributed by atoms with E-state index in [1.54, 1.807) is 16.5 Å². The highest BCUT2D eigenvalue weighted by Gasteiger charge is 2.32. The second-order valence-electron chi connectivity index (χ2n) is 4.80. The summed E-state index contributed by atoms with van der Waals surface area (Å²) in [6, 6.07) is 0. The van der Waals surface area contributed by atoms with E-state index in [0.717, 1.165) is 0 Å². The van der Waals surface area contributed by atoms with Crippen LogP contribution in [-0.2, 0) is 11.3 Å². The predicted octanol–water partition coefficient (Wildman–Crippen LogP) is -0.259. The molecule has 7 heteroatoms. The van der Waals surface area contributed by atoms with Crippen molar-refractivity contribution in [2.24, 2.45) is 11.7 Å². The van der Waals surface area contributed by atoms with Gasteiger partial charge in [-0.2, -0.15) is 5.10 Å². The largest absolute Gasteiger partial charge is 0.395 e. The molecule has 1 unspecified atom stereocenters. The smallest absolute Gasteiger partial charge is 0.274 e. The van der Waals surface area contributed by atoms with Gasteiger partial charge in [0, 0.05) is 19.6 Å². The first kappa shape index (κ1) is 13.4. The van der Waals surface area contributed by atoms with Crippen molar-refractivity contribution in [3.8, 4) is 0 Å². The maximum absolute atomic E-state index is 12.5. The van der Waals surface area contributed by atoms with Crippen LogP contribution in [0.15, 0.2) is 0 Å². The molecule has 0 bridgehead atoms. The molecule has 0 radical (unpaired) electrons. The Kier molecular flexibility index (Phi) is 3.46. The number of nitrogen functional groups attached to an aromatic ring is 1. The molecular weight excluding hydrogens is 246 g/mol. The highest BCUT2D eigenvalue weighted by molar-refractivity contribution is 5.98. The molecule has 104 valence electrons. The second-order valence-corrected chi connectivity index (χ2v) is 4.80. The summed E-state index contributed by atoms with van der Waals surface area (Å²) in [6.45, 7) is 5.14. The zero-order chi connectivity index (χ0) is 14.2. The van der Waals surface area contributed by atoms with Crippen LogP contribution in [0.5, 0.6) is 0 Å². The first-order chi connectivity index (χ1) is 8.95. The minimum Gasteiger partial charge on any atom is -0.395 e. The van der Waals surface area contributed by atoms with Gasteiger partial charge >= 0.3 is 0 Å². The summed E-state index contributed by atoms with van der Waals surface area (Å²) in [7, 11) is 0. The first-order valence-corrected chi connectivity index (χ1v) is 6.37. The van der Waals surface area contributed by atoms with E-state index < -0.39 is 0 Å². The highest BCUT2D eigenvalue weighted by atomic mass is 16.2. The molecular formula is C12H19N5O2. The van der Waals surface area contributed by atoms with Crippen molar-refractivity contribution in [2.45, 2.75) is 26.8 Å². The molecule has 1 aromatic heterocycles. The van der Waals surface area contributed by atoms with Crippen LogP contribution in [0.1, 0.15) is 29.5 Å². The molecule has 1 aliphatic heterocycles. The molecule has 2 amide bonds.